The van der Waals surface area contributed by atoms with Crippen molar-refractivity contribution in [3.05, 3.63) is 0 Å². The zero-order chi connectivity index (χ0) is 4.24. The van der Waals surface area contributed by atoms with E-state index in [1.54, 1.807) is 0 Å². The fourth-order valence-electron chi connectivity index (χ4n) is 0.328. The van der Waals surface area contributed by atoms with Gasteiger partial charge in [-0.15, -0.1) is 0 Å². The van der Waals surface area contributed by atoms with Crippen LogP contribution in [-0.2, 0) is 8.76 Å². The van der Waals surface area contributed by atoms with Gasteiger partial charge >= 0.3 is 43.1 Å². The molecule has 0 saturated carbocycles. The summed E-state index contributed by atoms with van der Waals surface area (Å²) in [5, 5.41) is 1.28. The summed E-state index contributed by atoms with van der Waals surface area (Å²) < 4.78 is 4.69. The van der Waals surface area contributed by atoms with Crippen molar-refractivity contribution in [2.24, 2.45) is 0 Å². The topological polar surface area (TPSA) is 18.5 Å². The van der Waals surface area contributed by atoms with E-state index in [-0.39, 0.29) is 16.1 Å². The van der Waals surface area contributed by atoms with Gasteiger partial charge in [0.25, 0.3) is 0 Å². The molecule has 1 saturated heterocycles. The second-order valence-electron chi connectivity index (χ2n) is 1.15. The molecule has 0 aromatic carbocycles. The summed E-state index contributed by atoms with van der Waals surface area (Å²) in [6, 6.07) is 0. The van der Waals surface area contributed by atoms with Crippen LogP contribution in [0.1, 0.15) is 6.42 Å². The molecule has 0 spiro atoms. The molecule has 0 amide bonds. The van der Waals surface area contributed by atoms with Gasteiger partial charge in [-0.25, -0.2) is 0 Å². The van der Waals surface area contributed by atoms with Crippen molar-refractivity contribution in [3.63, 3.8) is 0 Å². The predicted octanol–water partition coefficient (Wildman–Crippen LogP) is 0.108. The predicted molar refractivity (Wildman–Crippen MR) is 23.6 cm³/mol. The van der Waals surface area contributed by atoms with Gasteiger partial charge < -0.3 is 0 Å². The zero-order valence-electron chi connectivity index (χ0n) is 3.44. The van der Waals surface area contributed by atoms with Crippen LogP contribution < -0.4 is 0 Å². The van der Waals surface area contributed by atoms with Gasteiger partial charge in [-0.1, -0.05) is 0 Å². The van der Waals surface area contributed by atoms with Gasteiger partial charge in [-0.2, -0.15) is 0 Å². The Balaban J connectivity index is 2.00. The van der Waals surface area contributed by atoms with Crippen LogP contribution in [0, 0.1) is 0 Å². The van der Waals surface area contributed by atoms with E-state index in [0.717, 1.165) is 6.61 Å². The molecule has 1 heterocycles. The summed E-state index contributed by atoms with van der Waals surface area (Å²) in [6.07, 6.45) is 1.21. The third-order valence-electron chi connectivity index (χ3n) is 0.624. The molecule has 0 radical (unpaired) electrons. The molecule has 0 aromatic rings. The Morgan fingerprint density at radius 3 is 2.67 bits per heavy atom. The second-order valence-corrected chi connectivity index (χ2v) is 3.16. The van der Waals surface area contributed by atoms with Crippen LogP contribution in [0.4, 0.5) is 0 Å². The zero-order valence-corrected chi connectivity index (χ0v) is 5.54. The molecule has 1 rings (SSSR count). The molecular formula is C3H7AsO2. The maximum atomic E-state index is 4.69. The number of rotatable bonds is 0. The van der Waals surface area contributed by atoms with Gasteiger partial charge in [-0.3, -0.25) is 0 Å². The Bertz CT molecular complexity index is 24.3. The Morgan fingerprint density at radius 1 is 1.50 bits per heavy atom. The normalized spacial score (nSPS) is 28.0. The standard InChI is InChI=1S/C3H7AsO2/c1-2-4-6-5-3-1/h4H,1-3H2. The van der Waals surface area contributed by atoms with E-state index in [1.807, 2.05) is 0 Å². The molecular weight excluding hydrogens is 143 g/mol. The molecule has 6 heavy (non-hydrogen) atoms. The minimum atomic E-state index is -0.115. The van der Waals surface area contributed by atoms with E-state index in [9.17, 15) is 0 Å². The summed E-state index contributed by atoms with van der Waals surface area (Å²) in [4.78, 5) is 4.62. The van der Waals surface area contributed by atoms with E-state index < -0.39 is 0 Å². The van der Waals surface area contributed by atoms with Crippen molar-refractivity contribution < 1.29 is 8.76 Å². The molecule has 1 aliphatic heterocycles. The van der Waals surface area contributed by atoms with E-state index in [1.165, 1.54) is 11.6 Å². The van der Waals surface area contributed by atoms with E-state index >= 15 is 0 Å². The summed E-state index contributed by atoms with van der Waals surface area (Å²) >= 11 is -0.115. The van der Waals surface area contributed by atoms with Crippen molar-refractivity contribution in [2.45, 2.75) is 11.6 Å². The first kappa shape index (κ1) is 4.63. The van der Waals surface area contributed by atoms with Crippen LogP contribution in [0.15, 0.2) is 0 Å². The van der Waals surface area contributed by atoms with Gasteiger partial charge in [0.2, 0.25) is 0 Å². The van der Waals surface area contributed by atoms with Crippen LogP contribution in [0.5, 0.6) is 0 Å². The third kappa shape index (κ3) is 1.29. The van der Waals surface area contributed by atoms with Crippen molar-refractivity contribution >= 4 is 16.1 Å². The Morgan fingerprint density at radius 2 is 2.50 bits per heavy atom. The van der Waals surface area contributed by atoms with Gasteiger partial charge in [0.15, 0.2) is 0 Å². The summed E-state index contributed by atoms with van der Waals surface area (Å²) in [5.41, 5.74) is 0. The molecule has 1 atom stereocenters. The van der Waals surface area contributed by atoms with Gasteiger partial charge in [0.05, 0.1) is 0 Å². The monoisotopic (exact) mass is 150 g/mol. The van der Waals surface area contributed by atoms with Crippen LogP contribution in [0.3, 0.4) is 0 Å². The van der Waals surface area contributed by atoms with Crippen LogP contribution in [0.2, 0.25) is 5.21 Å². The SMILES string of the molecule is C1COO[AsH]C1. The Kier molecular flexibility index (Phi) is 2.02. The molecule has 36 valence electrons. The molecule has 0 aliphatic carbocycles. The third-order valence-corrected chi connectivity index (χ3v) is 2.29. The van der Waals surface area contributed by atoms with E-state index in [2.05, 4.69) is 4.89 Å². The van der Waals surface area contributed by atoms with Gasteiger partial charge in [0, 0.05) is 0 Å². The van der Waals surface area contributed by atoms with E-state index in [0.29, 0.717) is 0 Å². The fraction of sp³-hybridized carbons (Fsp3) is 1.00. The summed E-state index contributed by atoms with van der Waals surface area (Å²) in [7, 11) is 0. The molecule has 2 nitrogen and oxygen atoms in total. The molecule has 1 unspecified atom stereocenters. The number of hydrogen-bond donors (Lipinski definition) is 0. The first-order valence-electron chi connectivity index (χ1n) is 2.01. The first-order chi connectivity index (χ1) is 3.00. The average molecular weight is 150 g/mol. The van der Waals surface area contributed by atoms with Gasteiger partial charge in [-0.05, 0) is 0 Å². The maximum absolute atomic E-state index is 4.69. The second kappa shape index (κ2) is 2.62. The Hall–Kier alpha value is 0.478. The molecule has 3 heteroatoms. The van der Waals surface area contributed by atoms with Gasteiger partial charge in [0.1, 0.15) is 0 Å². The quantitative estimate of drug-likeness (QED) is 0.360. The summed E-state index contributed by atoms with van der Waals surface area (Å²) in [6.45, 7) is 0.809. The van der Waals surface area contributed by atoms with Crippen molar-refractivity contribution in [3.8, 4) is 0 Å². The van der Waals surface area contributed by atoms with Crippen LogP contribution in [0.25, 0.3) is 0 Å². The fourth-order valence-corrected chi connectivity index (χ4v) is 1.46. The molecule has 1 aliphatic rings. The van der Waals surface area contributed by atoms with E-state index in [4.69, 9.17) is 3.88 Å². The van der Waals surface area contributed by atoms with Crippen LogP contribution in [-0.4, -0.2) is 22.7 Å². The van der Waals surface area contributed by atoms with Crippen molar-refractivity contribution in [2.75, 3.05) is 6.61 Å². The van der Waals surface area contributed by atoms with Crippen molar-refractivity contribution in [1.82, 2.24) is 0 Å². The average Bonchev–Trinajstić information content (AvgIpc) is 1.72. The van der Waals surface area contributed by atoms with Crippen LogP contribution >= 0.6 is 0 Å². The first-order valence-corrected chi connectivity index (χ1v) is 4.35. The molecule has 0 bridgehead atoms. The van der Waals surface area contributed by atoms with Crippen molar-refractivity contribution in [1.29, 1.82) is 0 Å². The minimum absolute atomic E-state index is 0.115. The summed E-state index contributed by atoms with van der Waals surface area (Å²) in [5.74, 6) is 0. The molecule has 0 aromatic heterocycles. The molecule has 0 N–H and O–H groups in total. The Labute approximate surface area is 43.8 Å². The number of hydrogen-bond acceptors (Lipinski definition) is 2. The molecule has 1 fully saturated rings.